The van der Waals surface area contributed by atoms with Crippen molar-refractivity contribution in [3.05, 3.63) is 18.3 Å². The first-order valence-corrected chi connectivity index (χ1v) is 5.89. The highest BCUT2D eigenvalue weighted by Crippen LogP contribution is 2.22. The van der Waals surface area contributed by atoms with Gasteiger partial charge in [-0.05, 0) is 6.07 Å². The van der Waals surface area contributed by atoms with Gasteiger partial charge in [0, 0.05) is 49.6 Å². The second-order valence-electron chi connectivity index (χ2n) is 3.67. The van der Waals surface area contributed by atoms with Crippen molar-refractivity contribution in [3.63, 3.8) is 0 Å². The zero-order valence-electron chi connectivity index (χ0n) is 8.53. The number of rotatable bonds is 3. The van der Waals surface area contributed by atoms with Gasteiger partial charge >= 0.3 is 0 Å². The molecular formula is C10H15N3S. The van der Waals surface area contributed by atoms with Crippen LogP contribution in [0.2, 0.25) is 0 Å². The number of aromatic nitrogens is 1. The van der Waals surface area contributed by atoms with E-state index in [-0.39, 0.29) is 0 Å². The van der Waals surface area contributed by atoms with Gasteiger partial charge in [-0.3, -0.25) is 0 Å². The first-order valence-electron chi connectivity index (χ1n) is 4.73. The third-order valence-corrected chi connectivity index (χ3v) is 3.53. The van der Waals surface area contributed by atoms with Crippen LogP contribution in [-0.2, 0) is 0 Å². The maximum atomic E-state index is 4.30. The second kappa shape index (κ2) is 4.09. The highest BCUT2D eigenvalue weighted by molar-refractivity contribution is 8.00. The highest BCUT2D eigenvalue weighted by Gasteiger charge is 2.17. The van der Waals surface area contributed by atoms with Crippen molar-refractivity contribution < 1.29 is 0 Å². The van der Waals surface area contributed by atoms with E-state index in [2.05, 4.69) is 21.3 Å². The van der Waals surface area contributed by atoms with Gasteiger partial charge in [0.1, 0.15) is 5.82 Å². The number of thioether (sulfide) groups is 1. The van der Waals surface area contributed by atoms with Crippen LogP contribution < -0.4 is 10.2 Å². The fourth-order valence-electron chi connectivity index (χ4n) is 1.30. The molecule has 1 saturated heterocycles. The average molecular weight is 209 g/mol. The van der Waals surface area contributed by atoms with Crippen molar-refractivity contribution >= 4 is 23.3 Å². The summed E-state index contributed by atoms with van der Waals surface area (Å²) in [6.45, 7) is 0. The maximum absolute atomic E-state index is 4.30. The summed E-state index contributed by atoms with van der Waals surface area (Å²) < 4.78 is 0. The van der Waals surface area contributed by atoms with Crippen LogP contribution >= 0.6 is 11.8 Å². The monoisotopic (exact) mass is 209 g/mol. The molecule has 1 aliphatic heterocycles. The molecule has 76 valence electrons. The molecule has 1 aromatic rings. The van der Waals surface area contributed by atoms with Crippen LogP contribution in [0.3, 0.4) is 0 Å². The van der Waals surface area contributed by atoms with Crippen molar-refractivity contribution in [3.8, 4) is 0 Å². The van der Waals surface area contributed by atoms with E-state index in [9.17, 15) is 0 Å². The quantitative estimate of drug-likeness (QED) is 0.819. The van der Waals surface area contributed by atoms with Gasteiger partial charge in [-0.25, -0.2) is 4.98 Å². The lowest BCUT2D eigenvalue weighted by Gasteiger charge is -2.26. The van der Waals surface area contributed by atoms with E-state index in [0.717, 1.165) is 5.82 Å². The Morgan fingerprint density at radius 1 is 1.50 bits per heavy atom. The summed E-state index contributed by atoms with van der Waals surface area (Å²) in [7, 11) is 4.08. The lowest BCUT2D eigenvalue weighted by molar-refractivity contribution is 0.872. The smallest absolute Gasteiger partial charge is 0.128 e. The molecule has 2 rings (SSSR count). The molecule has 0 spiro atoms. The minimum Gasteiger partial charge on any atom is -0.378 e. The van der Waals surface area contributed by atoms with Crippen LogP contribution in [0.25, 0.3) is 0 Å². The second-order valence-corrected chi connectivity index (χ2v) is 4.75. The van der Waals surface area contributed by atoms with E-state index >= 15 is 0 Å². The highest BCUT2D eigenvalue weighted by atomic mass is 32.2. The molecule has 2 heterocycles. The van der Waals surface area contributed by atoms with E-state index in [4.69, 9.17) is 0 Å². The summed E-state index contributed by atoms with van der Waals surface area (Å²) in [4.78, 5) is 6.38. The molecular weight excluding hydrogens is 194 g/mol. The molecule has 0 saturated carbocycles. The van der Waals surface area contributed by atoms with Gasteiger partial charge in [0.05, 0.1) is 0 Å². The van der Waals surface area contributed by atoms with Gasteiger partial charge in [0.15, 0.2) is 0 Å². The Labute approximate surface area is 88.9 Å². The number of anilines is 2. The molecule has 1 N–H and O–H groups in total. The standard InChI is InChI=1S/C10H15N3S/c1-13(2)9-3-4-11-10(5-9)12-8-6-14-7-8/h3-5,8H,6-7H2,1-2H3,(H,11,12). The Bertz CT molecular complexity index is 310. The van der Waals surface area contributed by atoms with E-state index < -0.39 is 0 Å². The molecule has 14 heavy (non-hydrogen) atoms. The summed E-state index contributed by atoms with van der Waals surface area (Å²) in [5, 5.41) is 3.42. The molecule has 0 radical (unpaired) electrons. The Morgan fingerprint density at radius 2 is 2.29 bits per heavy atom. The van der Waals surface area contributed by atoms with Crippen molar-refractivity contribution in [1.82, 2.24) is 4.98 Å². The van der Waals surface area contributed by atoms with Crippen LogP contribution in [0.5, 0.6) is 0 Å². The maximum Gasteiger partial charge on any atom is 0.128 e. The molecule has 0 aliphatic carbocycles. The summed E-state index contributed by atoms with van der Waals surface area (Å²) in [5.74, 6) is 3.39. The molecule has 1 aromatic heterocycles. The number of pyridine rings is 1. The van der Waals surface area contributed by atoms with Crippen LogP contribution in [0.4, 0.5) is 11.5 Å². The Kier molecular flexibility index (Phi) is 2.82. The predicted molar refractivity (Wildman–Crippen MR) is 63.3 cm³/mol. The summed E-state index contributed by atoms with van der Waals surface area (Å²) >= 11 is 1.97. The SMILES string of the molecule is CN(C)c1ccnc(NC2CSC2)c1. The molecule has 4 heteroatoms. The molecule has 0 amide bonds. The molecule has 1 aliphatic rings. The molecule has 0 aromatic carbocycles. The van der Waals surface area contributed by atoms with Crippen molar-refractivity contribution in [2.24, 2.45) is 0 Å². The zero-order chi connectivity index (χ0) is 9.97. The van der Waals surface area contributed by atoms with Gasteiger partial charge in [-0.2, -0.15) is 11.8 Å². The minimum atomic E-state index is 0.616. The van der Waals surface area contributed by atoms with E-state index in [0.29, 0.717) is 6.04 Å². The third-order valence-electron chi connectivity index (χ3n) is 2.25. The largest absolute Gasteiger partial charge is 0.378 e. The van der Waals surface area contributed by atoms with Gasteiger partial charge < -0.3 is 10.2 Å². The van der Waals surface area contributed by atoms with Crippen molar-refractivity contribution in [2.45, 2.75) is 6.04 Å². The van der Waals surface area contributed by atoms with Crippen molar-refractivity contribution in [1.29, 1.82) is 0 Å². The number of hydrogen-bond donors (Lipinski definition) is 1. The van der Waals surface area contributed by atoms with Crippen molar-refractivity contribution in [2.75, 3.05) is 35.8 Å². The molecule has 0 bridgehead atoms. The normalized spacial score (nSPS) is 16.1. The van der Waals surface area contributed by atoms with Crippen LogP contribution in [0.1, 0.15) is 0 Å². The predicted octanol–water partition coefficient (Wildman–Crippen LogP) is 1.67. The Morgan fingerprint density at radius 3 is 2.86 bits per heavy atom. The Hall–Kier alpha value is -0.900. The van der Waals surface area contributed by atoms with E-state index in [1.807, 2.05) is 38.1 Å². The van der Waals surface area contributed by atoms with E-state index in [1.165, 1.54) is 17.2 Å². The first kappa shape index (κ1) is 9.65. The van der Waals surface area contributed by atoms with Gasteiger partial charge in [0.2, 0.25) is 0 Å². The van der Waals surface area contributed by atoms with Gasteiger partial charge in [-0.1, -0.05) is 0 Å². The van der Waals surface area contributed by atoms with Crippen LogP contribution in [-0.4, -0.2) is 36.6 Å². The number of nitrogens with one attached hydrogen (secondary N) is 1. The van der Waals surface area contributed by atoms with E-state index in [1.54, 1.807) is 0 Å². The molecule has 0 atom stereocenters. The molecule has 1 fully saturated rings. The molecule has 3 nitrogen and oxygen atoms in total. The Balaban J connectivity index is 2.05. The first-order chi connectivity index (χ1) is 6.75. The summed E-state index contributed by atoms with van der Waals surface area (Å²) in [6, 6.07) is 4.72. The number of nitrogens with zero attached hydrogens (tertiary/aromatic N) is 2. The molecule has 0 unspecified atom stereocenters. The average Bonchev–Trinajstić information content (AvgIpc) is 2.12. The van der Waals surface area contributed by atoms with Crippen LogP contribution in [0.15, 0.2) is 18.3 Å². The zero-order valence-corrected chi connectivity index (χ0v) is 9.34. The summed E-state index contributed by atoms with van der Waals surface area (Å²) in [6.07, 6.45) is 1.85. The topological polar surface area (TPSA) is 28.2 Å². The van der Waals surface area contributed by atoms with Crippen LogP contribution in [0, 0.1) is 0 Å². The summed E-state index contributed by atoms with van der Waals surface area (Å²) in [5.41, 5.74) is 1.19. The van der Waals surface area contributed by atoms with Gasteiger partial charge in [-0.15, -0.1) is 0 Å². The third kappa shape index (κ3) is 2.12. The van der Waals surface area contributed by atoms with Gasteiger partial charge in [0.25, 0.3) is 0 Å². The lowest BCUT2D eigenvalue weighted by Crippen LogP contribution is -2.33. The number of hydrogen-bond acceptors (Lipinski definition) is 4. The minimum absolute atomic E-state index is 0.616. The fourth-order valence-corrected chi connectivity index (χ4v) is 1.94. The lowest BCUT2D eigenvalue weighted by atomic mass is 10.3. The fraction of sp³-hybridized carbons (Fsp3) is 0.500.